The molecule has 2 atom stereocenters. The van der Waals surface area contributed by atoms with Gasteiger partial charge in [0.25, 0.3) is 0 Å². The first-order valence-corrected chi connectivity index (χ1v) is 12.2. The molecule has 0 bridgehead atoms. The molecule has 0 saturated carbocycles. The Morgan fingerprint density at radius 2 is 1.81 bits per heavy atom. The fraction of sp³-hybridized carbons (Fsp3) is 0.259. The molecule has 1 aromatic heterocycles. The first-order valence-electron chi connectivity index (χ1n) is 11.0. The maximum Gasteiger partial charge on any atom is 0.225 e. The Kier molecular flexibility index (Phi) is 6.66. The van der Waals surface area contributed by atoms with Gasteiger partial charge in [0.1, 0.15) is 6.04 Å². The van der Waals surface area contributed by atoms with E-state index in [0.29, 0.717) is 0 Å². The van der Waals surface area contributed by atoms with Crippen LogP contribution in [0, 0.1) is 5.92 Å². The molecule has 0 saturated heterocycles. The van der Waals surface area contributed by atoms with E-state index in [1.165, 1.54) is 28.1 Å². The number of fused-ring (bicyclic) bond motifs is 2. The van der Waals surface area contributed by atoms with Crippen molar-refractivity contribution in [1.29, 1.82) is 0 Å². The fourth-order valence-corrected chi connectivity index (χ4v) is 4.71. The number of carbonyl (C=O) groups is 2. The van der Waals surface area contributed by atoms with Gasteiger partial charge in [0.2, 0.25) is 11.0 Å². The summed E-state index contributed by atoms with van der Waals surface area (Å²) in [6, 6.07) is 20.5. The average molecular weight is 445 g/mol. The van der Waals surface area contributed by atoms with Gasteiger partial charge in [0, 0.05) is 17.1 Å². The number of carbonyl (C=O) groups excluding carboxylic acids is 2. The van der Waals surface area contributed by atoms with Gasteiger partial charge >= 0.3 is 0 Å². The standard InChI is InChI=1S/C27H28N2O2S/c1-4-17(2)26(27(31)32-3)29-25(30)15-20-16-28-24-13-12-19(14-23(20)24)22-11-7-9-18-8-5-6-10-21(18)22/h5-14,16-17,26,28H,4,15H2,1-3H3,(H,29,30)/t17-,26-/m0/s1. The summed E-state index contributed by atoms with van der Waals surface area (Å²) in [4.78, 5) is 28.4. The van der Waals surface area contributed by atoms with Crippen LogP contribution < -0.4 is 5.32 Å². The first-order chi connectivity index (χ1) is 15.5. The lowest BCUT2D eigenvalue weighted by Gasteiger charge is -2.22. The molecule has 1 amide bonds. The van der Waals surface area contributed by atoms with Crippen LogP contribution in [0.3, 0.4) is 0 Å². The molecule has 164 valence electrons. The summed E-state index contributed by atoms with van der Waals surface area (Å²) in [5, 5.41) is 6.41. The zero-order valence-corrected chi connectivity index (χ0v) is 19.5. The molecule has 0 aliphatic carbocycles. The number of amides is 1. The summed E-state index contributed by atoms with van der Waals surface area (Å²) in [5.41, 5.74) is 4.21. The number of benzene rings is 3. The molecule has 4 aromatic rings. The van der Waals surface area contributed by atoms with Crippen molar-refractivity contribution in [3.05, 3.63) is 72.4 Å². The Labute approximate surface area is 192 Å². The summed E-state index contributed by atoms with van der Waals surface area (Å²) >= 11 is 1.17. The Morgan fingerprint density at radius 3 is 2.59 bits per heavy atom. The minimum absolute atomic E-state index is 0.00451. The van der Waals surface area contributed by atoms with Gasteiger partial charge < -0.3 is 10.3 Å². The third kappa shape index (κ3) is 4.44. The van der Waals surface area contributed by atoms with Crippen molar-refractivity contribution in [2.45, 2.75) is 32.7 Å². The fourth-order valence-electron chi connectivity index (χ4n) is 4.16. The number of nitrogens with one attached hydrogen (secondary N) is 2. The molecule has 0 unspecified atom stereocenters. The van der Waals surface area contributed by atoms with Crippen molar-refractivity contribution >= 4 is 44.5 Å². The Morgan fingerprint density at radius 1 is 1.03 bits per heavy atom. The van der Waals surface area contributed by atoms with Gasteiger partial charge in [-0.05, 0) is 51.8 Å². The van der Waals surface area contributed by atoms with E-state index in [9.17, 15) is 9.59 Å². The molecule has 3 aromatic carbocycles. The second-order valence-corrected chi connectivity index (χ2v) is 9.04. The molecular weight excluding hydrogens is 416 g/mol. The molecule has 5 heteroatoms. The molecule has 0 spiro atoms. The van der Waals surface area contributed by atoms with Gasteiger partial charge in [-0.25, -0.2) is 0 Å². The highest BCUT2D eigenvalue weighted by Crippen LogP contribution is 2.31. The lowest BCUT2D eigenvalue weighted by atomic mass is 9.96. The van der Waals surface area contributed by atoms with E-state index in [2.05, 4.69) is 64.9 Å². The number of aromatic amines is 1. The minimum Gasteiger partial charge on any atom is -0.361 e. The van der Waals surface area contributed by atoms with Gasteiger partial charge in [-0.2, -0.15) is 0 Å². The van der Waals surface area contributed by atoms with Crippen LogP contribution >= 0.6 is 11.8 Å². The molecule has 0 aliphatic rings. The predicted octanol–water partition coefficient (Wildman–Crippen LogP) is 5.95. The molecular formula is C27H28N2O2S. The third-order valence-electron chi connectivity index (χ3n) is 6.20. The van der Waals surface area contributed by atoms with E-state index in [-0.39, 0.29) is 23.4 Å². The lowest BCUT2D eigenvalue weighted by Crippen LogP contribution is -2.44. The molecule has 0 fully saturated rings. The van der Waals surface area contributed by atoms with Crippen LogP contribution in [0.2, 0.25) is 0 Å². The zero-order chi connectivity index (χ0) is 22.7. The third-order valence-corrected chi connectivity index (χ3v) is 6.86. The number of H-pyrrole nitrogens is 1. The molecule has 32 heavy (non-hydrogen) atoms. The van der Waals surface area contributed by atoms with Crippen LogP contribution in [0.25, 0.3) is 32.8 Å². The highest BCUT2D eigenvalue weighted by Gasteiger charge is 2.25. The van der Waals surface area contributed by atoms with E-state index < -0.39 is 6.04 Å². The number of aromatic nitrogens is 1. The van der Waals surface area contributed by atoms with Gasteiger partial charge in [-0.15, -0.1) is 0 Å². The topological polar surface area (TPSA) is 62.0 Å². The normalized spacial score (nSPS) is 13.2. The van der Waals surface area contributed by atoms with Crippen LogP contribution in [-0.2, 0) is 16.0 Å². The lowest BCUT2D eigenvalue weighted by molar-refractivity contribution is -0.125. The number of hydrogen-bond donors (Lipinski definition) is 2. The van der Waals surface area contributed by atoms with Gasteiger partial charge in [0.05, 0.1) is 6.42 Å². The van der Waals surface area contributed by atoms with Crippen molar-refractivity contribution in [3.63, 3.8) is 0 Å². The van der Waals surface area contributed by atoms with E-state index in [0.717, 1.165) is 28.5 Å². The van der Waals surface area contributed by atoms with Crippen molar-refractivity contribution < 1.29 is 9.59 Å². The Bertz CT molecular complexity index is 1270. The quantitative estimate of drug-likeness (QED) is 0.370. The van der Waals surface area contributed by atoms with E-state index >= 15 is 0 Å². The summed E-state index contributed by atoms with van der Waals surface area (Å²) in [7, 11) is 0. The second kappa shape index (κ2) is 9.61. The zero-order valence-electron chi connectivity index (χ0n) is 18.6. The van der Waals surface area contributed by atoms with Crippen molar-refractivity contribution in [1.82, 2.24) is 10.3 Å². The number of hydrogen-bond acceptors (Lipinski definition) is 3. The maximum atomic E-state index is 12.8. The minimum atomic E-state index is -0.459. The van der Waals surface area contributed by atoms with E-state index in [1.54, 1.807) is 6.26 Å². The first kappa shape index (κ1) is 22.2. The van der Waals surface area contributed by atoms with Gasteiger partial charge in [-0.3, -0.25) is 9.59 Å². The average Bonchev–Trinajstić information content (AvgIpc) is 3.22. The molecule has 0 aliphatic heterocycles. The summed E-state index contributed by atoms with van der Waals surface area (Å²) < 4.78 is 0. The largest absolute Gasteiger partial charge is 0.361 e. The number of thioether (sulfide) groups is 1. The van der Waals surface area contributed by atoms with Crippen LogP contribution in [0.5, 0.6) is 0 Å². The van der Waals surface area contributed by atoms with Crippen LogP contribution in [0.4, 0.5) is 0 Å². The van der Waals surface area contributed by atoms with Crippen molar-refractivity contribution in [3.8, 4) is 11.1 Å². The smallest absolute Gasteiger partial charge is 0.225 e. The van der Waals surface area contributed by atoms with Crippen molar-refractivity contribution in [2.24, 2.45) is 5.92 Å². The molecule has 2 N–H and O–H groups in total. The Balaban J connectivity index is 1.63. The molecule has 4 nitrogen and oxygen atoms in total. The number of rotatable bonds is 7. The van der Waals surface area contributed by atoms with E-state index in [1.807, 2.05) is 26.1 Å². The SMILES string of the molecule is CC[C@H](C)[C@H](NC(=O)Cc1c[nH]c2ccc(-c3cccc4ccccc34)cc12)C(=O)SC. The monoisotopic (exact) mass is 444 g/mol. The molecule has 0 radical (unpaired) electrons. The Hall–Kier alpha value is -3.05. The van der Waals surface area contributed by atoms with Crippen molar-refractivity contribution in [2.75, 3.05) is 6.26 Å². The molecule has 1 heterocycles. The van der Waals surface area contributed by atoms with Gasteiger partial charge in [-0.1, -0.05) is 80.6 Å². The summed E-state index contributed by atoms with van der Waals surface area (Å²) in [5.74, 6) is -0.0333. The summed E-state index contributed by atoms with van der Waals surface area (Å²) in [6.45, 7) is 4.03. The highest BCUT2D eigenvalue weighted by atomic mass is 32.2. The predicted molar refractivity (Wildman–Crippen MR) is 135 cm³/mol. The second-order valence-electron chi connectivity index (χ2n) is 8.23. The highest BCUT2D eigenvalue weighted by molar-refractivity contribution is 8.13. The summed E-state index contributed by atoms with van der Waals surface area (Å²) in [6.07, 6.45) is 4.72. The molecule has 4 rings (SSSR count). The van der Waals surface area contributed by atoms with Crippen LogP contribution in [-0.4, -0.2) is 28.3 Å². The van der Waals surface area contributed by atoms with E-state index in [4.69, 9.17) is 0 Å². The van der Waals surface area contributed by atoms with Crippen LogP contribution in [0.1, 0.15) is 25.8 Å². The maximum absolute atomic E-state index is 12.8. The van der Waals surface area contributed by atoms with Crippen LogP contribution in [0.15, 0.2) is 66.9 Å². The van der Waals surface area contributed by atoms with Gasteiger partial charge in [0.15, 0.2) is 0 Å².